The van der Waals surface area contributed by atoms with Crippen molar-refractivity contribution in [2.75, 3.05) is 0 Å². The van der Waals surface area contributed by atoms with E-state index in [1.165, 1.54) is 6.07 Å². The van der Waals surface area contributed by atoms with Crippen LogP contribution in [0.25, 0.3) is 11.0 Å². The number of benzene rings is 2. The van der Waals surface area contributed by atoms with Gasteiger partial charge in [-0.3, -0.25) is 0 Å². The Hall–Kier alpha value is -3.61. The van der Waals surface area contributed by atoms with E-state index in [0.29, 0.717) is 29.6 Å². The van der Waals surface area contributed by atoms with Gasteiger partial charge in [-0.1, -0.05) is 63.4 Å². The van der Waals surface area contributed by atoms with E-state index in [1.54, 1.807) is 12.1 Å². The smallest absolute Gasteiger partial charge is 0.408 e. The van der Waals surface area contributed by atoms with Crippen LogP contribution < -0.4 is 15.7 Å². The summed E-state index contributed by atoms with van der Waals surface area (Å²) >= 11 is 0. The molecule has 1 N–H and O–H groups in total. The predicted octanol–water partition coefficient (Wildman–Crippen LogP) is 5.83. The van der Waals surface area contributed by atoms with Crippen LogP contribution in [0.4, 0.5) is 4.79 Å². The zero-order chi connectivity index (χ0) is 25.2. The van der Waals surface area contributed by atoms with E-state index >= 15 is 0 Å². The largest absolute Gasteiger partial charge is 0.445 e. The molecule has 3 rings (SSSR count). The van der Waals surface area contributed by atoms with Gasteiger partial charge >= 0.3 is 17.7 Å². The molecule has 2 aromatic carbocycles. The number of hydrogen-bond donors (Lipinski definition) is 1. The maximum Gasteiger partial charge on any atom is 0.408 e. The molecule has 1 amide bonds. The van der Waals surface area contributed by atoms with Gasteiger partial charge in [0.05, 0.1) is 5.39 Å². The van der Waals surface area contributed by atoms with Gasteiger partial charge in [-0.2, -0.15) is 0 Å². The highest BCUT2D eigenvalue weighted by atomic mass is 16.6. The lowest BCUT2D eigenvalue weighted by molar-refractivity contribution is -0.136. The zero-order valence-corrected chi connectivity index (χ0v) is 20.6. The van der Waals surface area contributed by atoms with Crippen LogP contribution in [0, 0.1) is 6.92 Å². The van der Waals surface area contributed by atoms with E-state index < -0.39 is 23.7 Å². The van der Waals surface area contributed by atoms with Crippen LogP contribution in [0.3, 0.4) is 0 Å². The molecule has 0 radical (unpaired) electrons. The van der Waals surface area contributed by atoms with Gasteiger partial charge in [-0.25, -0.2) is 14.4 Å². The normalized spacial score (nSPS) is 11.7. The molecule has 0 saturated heterocycles. The number of rotatable bonds is 11. The molecule has 0 aliphatic carbocycles. The Morgan fingerprint density at radius 1 is 1.03 bits per heavy atom. The van der Waals surface area contributed by atoms with E-state index in [-0.39, 0.29) is 6.61 Å². The first-order chi connectivity index (χ1) is 16.9. The summed E-state index contributed by atoms with van der Waals surface area (Å²) < 4.78 is 16.5. The number of amides is 1. The van der Waals surface area contributed by atoms with Crippen molar-refractivity contribution >= 4 is 23.0 Å². The average Bonchev–Trinajstić information content (AvgIpc) is 2.83. The first-order valence-corrected chi connectivity index (χ1v) is 12.2. The lowest BCUT2D eigenvalue weighted by Gasteiger charge is -2.18. The molecule has 0 bridgehead atoms. The van der Waals surface area contributed by atoms with Crippen LogP contribution in [0.2, 0.25) is 0 Å². The van der Waals surface area contributed by atoms with Crippen molar-refractivity contribution in [3.8, 4) is 5.75 Å². The molecule has 7 nitrogen and oxygen atoms in total. The van der Waals surface area contributed by atoms with E-state index in [2.05, 4.69) is 12.2 Å². The maximum atomic E-state index is 13.2. The average molecular weight is 480 g/mol. The van der Waals surface area contributed by atoms with Crippen LogP contribution >= 0.6 is 0 Å². The molecule has 0 spiro atoms. The number of fused-ring (bicyclic) bond motifs is 1. The van der Waals surface area contributed by atoms with Crippen molar-refractivity contribution in [1.82, 2.24) is 5.32 Å². The SMILES string of the molecule is CCCCc1cc(=O)oc2cc(C)cc(OC(=O)[C@H](CCCC)NC(=O)OCc3ccccc3)c12. The predicted molar refractivity (Wildman–Crippen MR) is 135 cm³/mol. The molecule has 0 saturated carbocycles. The summed E-state index contributed by atoms with van der Waals surface area (Å²) in [6, 6.07) is 13.4. The van der Waals surface area contributed by atoms with Crippen LogP contribution in [-0.2, 0) is 22.6 Å². The van der Waals surface area contributed by atoms with Gasteiger partial charge in [0.1, 0.15) is 24.0 Å². The minimum atomic E-state index is -0.872. The van der Waals surface area contributed by atoms with Gasteiger partial charge in [0.2, 0.25) is 0 Å². The number of hydrogen-bond acceptors (Lipinski definition) is 6. The van der Waals surface area contributed by atoms with Crippen molar-refractivity contribution < 1.29 is 23.5 Å². The van der Waals surface area contributed by atoms with E-state index in [1.807, 2.05) is 44.2 Å². The first-order valence-electron chi connectivity index (χ1n) is 12.2. The Bertz CT molecular complexity index is 1200. The van der Waals surface area contributed by atoms with E-state index in [4.69, 9.17) is 13.9 Å². The van der Waals surface area contributed by atoms with Crippen molar-refractivity contribution in [3.05, 3.63) is 75.6 Å². The number of carbonyl (C=O) groups excluding carboxylic acids is 2. The van der Waals surface area contributed by atoms with E-state index in [0.717, 1.165) is 42.4 Å². The Morgan fingerprint density at radius 3 is 2.49 bits per heavy atom. The maximum absolute atomic E-state index is 13.2. The highest BCUT2D eigenvalue weighted by Gasteiger charge is 2.25. The lowest BCUT2D eigenvalue weighted by atomic mass is 10.0. The zero-order valence-electron chi connectivity index (χ0n) is 20.6. The lowest BCUT2D eigenvalue weighted by Crippen LogP contribution is -2.43. The molecule has 35 heavy (non-hydrogen) atoms. The molecule has 0 aliphatic heterocycles. The summed E-state index contributed by atoms with van der Waals surface area (Å²) in [6.45, 7) is 6.01. The molecule has 186 valence electrons. The third-order valence-corrected chi connectivity index (χ3v) is 5.68. The number of nitrogens with one attached hydrogen (secondary N) is 1. The fraction of sp³-hybridized carbons (Fsp3) is 0.393. The van der Waals surface area contributed by atoms with Gasteiger partial charge in [0, 0.05) is 6.07 Å². The highest BCUT2D eigenvalue weighted by Crippen LogP contribution is 2.31. The molecule has 1 heterocycles. The minimum Gasteiger partial charge on any atom is -0.445 e. The second-order valence-corrected chi connectivity index (χ2v) is 8.65. The third kappa shape index (κ3) is 7.44. The fourth-order valence-electron chi connectivity index (χ4n) is 3.86. The second-order valence-electron chi connectivity index (χ2n) is 8.65. The quantitative estimate of drug-likeness (QED) is 0.211. The molecular formula is C28H33NO6. The number of unbranched alkanes of at least 4 members (excludes halogenated alkanes) is 2. The minimum absolute atomic E-state index is 0.102. The number of carbonyl (C=O) groups is 2. The van der Waals surface area contributed by atoms with Gasteiger partial charge in [0.15, 0.2) is 0 Å². The number of esters is 1. The molecule has 1 aromatic heterocycles. The van der Waals surface area contributed by atoms with Gasteiger partial charge in [-0.05, 0) is 55.0 Å². The number of alkyl carbamates (subject to hydrolysis) is 1. The molecule has 1 atom stereocenters. The number of ether oxygens (including phenoxy) is 2. The molecule has 0 aliphatic rings. The Morgan fingerprint density at radius 2 is 1.77 bits per heavy atom. The third-order valence-electron chi connectivity index (χ3n) is 5.68. The number of aryl methyl sites for hydroxylation is 2. The van der Waals surface area contributed by atoms with Crippen molar-refractivity contribution in [1.29, 1.82) is 0 Å². The fourth-order valence-corrected chi connectivity index (χ4v) is 3.86. The Kier molecular flexibility index (Phi) is 9.47. The van der Waals surface area contributed by atoms with Gasteiger partial charge in [0.25, 0.3) is 0 Å². The van der Waals surface area contributed by atoms with E-state index in [9.17, 15) is 14.4 Å². The summed E-state index contributed by atoms with van der Waals surface area (Å²) in [6.07, 6.45) is 3.81. The van der Waals surface area contributed by atoms with Crippen LogP contribution in [0.15, 0.2) is 57.7 Å². The van der Waals surface area contributed by atoms with Crippen LogP contribution in [0.1, 0.15) is 62.6 Å². The molecule has 7 heteroatoms. The van der Waals surface area contributed by atoms with Gasteiger partial charge < -0.3 is 19.2 Å². The van der Waals surface area contributed by atoms with Gasteiger partial charge in [-0.15, -0.1) is 0 Å². The molecule has 3 aromatic rings. The standard InChI is InChI=1S/C28H33NO6/c1-4-6-13-21-17-25(30)34-23-15-19(3)16-24(26(21)23)35-27(31)22(14-7-5-2)29-28(32)33-18-20-11-9-8-10-12-20/h8-12,15-17,22H,4-7,13-14,18H2,1-3H3,(H,29,32)/t22-/m0/s1. The highest BCUT2D eigenvalue weighted by molar-refractivity contribution is 5.91. The van der Waals surface area contributed by atoms with Crippen LogP contribution in [0.5, 0.6) is 5.75 Å². The summed E-state index contributed by atoms with van der Waals surface area (Å²) in [5.41, 5.74) is 2.36. The van der Waals surface area contributed by atoms with Crippen molar-refractivity contribution in [2.45, 2.75) is 71.9 Å². The van der Waals surface area contributed by atoms with Crippen molar-refractivity contribution in [2.24, 2.45) is 0 Å². The summed E-state index contributed by atoms with van der Waals surface area (Å²) in [5, 5.41) is 3.26. The topological polar surface area (TPSA) is 94.8 Å². The summed E-state index contributed by atoms with van der Waals surface area (Å²) in [7, 11) is 0. The molecule has 0 fully saturated rings. The second kappa shape index (κ2) is 12.7. The Labute approximate surface area is 205 Å². The summed E-state index contributed by atoms with van der Waals surface area (Å²) in [4.78, 5) is 37.7. The first kappa shape index (κ1) is 26.0. The molecule has 0 unspecified atom stereocenters. The van der Waals surface area contributed by atoms with Crippen LogP contribution in [-0.4, -0.2) is 18.1 Å². The molecular weight excluding hydrogens is 446 g/mol. The monoisotopic (exact) mass is 479 g/mol. The Balaban J connectivity index is 1.81. The summed E-state index contributed by atoms with van der Waals surface area (Å²) in [5.74, 6) is -0.268. The van der Waals surface area contributed by atoms with Crippen molar-refractivity contribution in [3.63, 3.8) is 0 Å².